The van der Waals surface area contributed by atoms with Crippen LogP contribution in [0.5, 0.6) is 0 Å². The fraction of sp³-hybridized carbons (Fsp3) is 0.188. The van der Waals surface area contributed by atoms with Gasteiger partial charge in [-0.25, -0.2) is 4.98 Å². The van der Waals surface area contributed by atoms with Crippen molar-refractivity contribution in [3.8, 4) is 0 Å². The lowest BCUT2D eigenvalue weighted by Gasteiger charge is -2.09. The van der Waals surface area contributed by atoms with Crippen molar-refractivity contribution in [1.82, 2.24) is 9.55 Å². The Kier molecular flexibility index (Phi) is 4.17. The molecule has 0 aliphatic carbocycles. The van der Waals surface area contributed by atoms with Crippen LogP contribution in [0, 0.1) is 0 Å². The normalized spacial score (nSPS) is 11.0. The van der Waals surface area contributed by atoms with Crippen LogP contribution in [0.3, 0.4) is 0 Å². The van der Waals surface area contributed by atoms with Crippen LogP contribution >= 0.6 is 27.5 Å². The molecule has 0 atom stereocenters. The monoisotopic (exact) mass is 363 g/mol. The highest BCUT2D eigenvalue weighted by Gasteiger charge is 2.08. The number of anilines is 1. The Labute approximate surface area is 137 Å². The van der Waals surface area contributed by atoms with Crippen molar-refractivity contribution in [1.29, 1.82) is 0 Å². The van der Waals surface area contributed by atoms with Crippen LogP contribution in [-0.4, -0.2) is 9.55 Å². The van der Waals surface area contributed by atoms with Crippen molar-refractivity contribution in [3.63, 3.8) is 0 Å². The summed E-state index contributed by atoms with van der Waals surface area (Å²) in [5.41, 5.74) is 3.23. The number of imidazole rings is 1. The van der Waals surface area contributed by atoms with Gasteiger partial charge in [0.25, 0.3) is 0 Å². The van der Waals surface area contributed by atoms with Crippen molar-refractivity contribution in [2.24, 2.45) is 0 Å². The first-order valence-corrected chi connectivity index (χ1v) is 7.99. The van der Waals surface area contributed by atoms with E-state index in [1.54, 1.807) is 0 Å². The predicted octanol–water partition coefficient (Wildman–Crippen LogP) is 5.08. The average Bonchev–Trinajstić information content (AvgIpc) is 2.86. The van der Waals surface area contributed by atoms with Gasteiger partial charge in [-0.15, -0.1) is 0 Å². The van der Waals surface area contributed by atoms with E-state index in [2.05, 4.69) is 38.8 Å². The topological polar surface area (TPSA) is 29.9 Å². The number of halogens is 2. The number of nitrogens with one attached hydrogen (secondary N) is 1. The van der Waals surface area contributed by atoms with Crippen molar-refractivity contribution < 1.29 is 0 Å². The zero-order valence-electron chi connectivity index (χ0n) is 11.6. The van der Waals surface area contributed by atoms with Crippen LogP contribution in [-0.2, 0) is 13.1 Å². The number of para-hydroxylation sites is 2. The van der Waals surface area contributed by atoms with Gasteiger partial charge in [-0.3, -0.25) is 0 Å². The molecular formula is C16H15BrClN3. The third-order valence-corrected chi connectivity index (χ3v) is 4.63. The second-order valence-corrected chi connectivity index (χ2v) is 6.00. The summed E-state index contributed by atoms with van der Waals surface area (Å²) in [6, 6.07) is 14.0. The van der Waals surface area contributed by atoms with Gasteiger partial charge in [0.05, 0.1) is 22.6 Å². The van der Waals surface area contributed by atoms with Crippen LogP contribution in [0.25, 0.3) is 11.0 Å². The molecule has 108 valence electrons. The van der Waals surface area contributed by atoms with Gasteiger partial charge in [-0.05, 0) is 53.2 Å². The molecule has 5 heteroatoms. The quantitative estimate of drug-likeness (QED) is 0.699. The lowest BCUT2D eigenvalue weighted by atomic mass is 10.3. The lowest BCUT2D eigenvalue weighted by molar-refractivity contribution is 0.729. The number of hydrogen-bond acceptors (Lipinski definition) is 2. The van der Waals surface area contributed by atoms with Gasteiger partial charge in [0.1, 0.15) is 5.82 Å². The Balaban J connectivity index is 1.86. The van der Waals surface area contributed by atoms with Crippen molar-refractivity contribution >= 4 is 44.3 Å². The number of aryl methyl sites for hydroxylation is 1. The molecule has 0 saturated carbocycles. The van der Waals surface area contributed by atoms with Gasteiger partial charge in [-0.2, -0.15) is 0 Å². The van der Waals surface area contributed by atoms with E-state index in [0.717, 1.165) is 28.0 Å². The second kappa shape index (κ2) is 6.08. The first kappa shape index (κ1) is 14.4. The Morgan fingerprint density at radius 3 is 2.81 bits per heavy atom. The summed E-state index contributed by atoms with van der Waals surface area (Å²) in [6.45, 7) is 3.72. The van der Waals surface area contributed by atoms with E-state index in [0.29, 0.717) is 11.6 Å². The molecule has 0 radical (unpaired) electrons. The first-order valence-electron chi connectivity index (χ1n) is 6.82. The number of benzene rings is 2. The maximum atomic E-state index is 6.01. The Hall–Kier alpha value is -1.52. The standard InChI is InChI=1S/C16H15BrClN3/c1-2-21-15-6-4-3-5-14(15)20-16(21)10-19-11-7-8-13(18)12(17)9-11/h3-9,19H,2,10H2,1H3. The molecule has 2 aromatic carbocycles. The largest absolute Gasteiger partial charge is 0.378 e. The number of aromatic nitrogens is 2. The van der Waals surface area contributed by atoms with Crippen LogP contribution in [0.1, 0.15) is 12.7 Å². The molecular weight excluding hydrogens is 350 g/mol. The molecule has 0 fully saturated rings. The molecule has 1 aromatic heterocycles. The molecule has 0 amide bonds. The summed E-state index contributed by atoms with van der Waals surface area (Å²) in [5, 5.41) is 4.10. The van der Waals surface area contributed by atoms with Gasteiger partial charge >= 0.3 is 0 Å². The maximum Gasteiger partial charge on any atom is 0.129 e. The predicted molar refractivity (Wildman–Crippen MR) is 91.9 cm³/mol. The van der Waals surface area contributed by atoms with Crippen LogP contribution < -0.4 is 5.32 Å². The smallest absolute Gasteiger partial charge is 0.129 e. The maximum absolute atomic E-state index is 6.01. The summed E-state index contributed by atoms with van der Waals surface area (Å²) in [7, 11) is 0. The fourth-order valence-corrected chi connectivity index (χ4v) is 2.90. The average molecular weight is 365 g/mol. The van der Waals surface area contributed by atoms with Crippen molar-refractivity contribution in [3.05, 3.63) is 57.8 Å². The highest BCUT2D eigenvalue weighted by molar-refractivity contribution is 9.10. The summed E-state index contributed by atoms with van der Waals surface area (Å²) in [4.78, 5) is 4.70. The summed E-state index contributed by atoms with van der Waals surface area (Å²) >= 11 is 9.44. The van der Waals surface area contributed by atoms with Gasteiger partial charge in [0, 0.05) is 16.7 Å². The second-order valence-electron chi connectivity index (χ2n) is 4.74. The van der Waals surface area contributed by atoms with Crippen LogP contribution in [0.2, 0.25) is 5.02 Å². The summed E-state index contributed by atoms with van der Waals surface area (Å²) in [5.74, 6) is 1.03. The molecule has 21 heavy (non-hydrogen) atoms. The van der Waals surface area contributed by atoms with Gasteiger partial charge in [0.15, 0.2) is 0 Å². The SMILES string of the molecule is CCn1c(CNc2ccc(Cl)c(Br)c2)nc2ccccc21. The van der Waals surface area contributed by atoms with E-state index in [9.17, 15) is 0 Å². The molecule has 0 bridgehead atoms. The minimum absolute atomic E-state index is 0.677. The molecule has 1 N–H and O–H groups in total. The minimum Gasteiger partial charge on any atom is -0.378 e. The molecule has 0 spiro atoms. The van der Waals surface area contributed by atoms with Gasteiger partial charge in [-0.1, -0.05) is 23.7 Å². The first-order chi connectivity index (χ1) is 10.2. The molecule has 1 heterocycles. The van der Waals surface area contributed by atoms with E-state index >= 15 is 0 Å². The Morgan fingerprint density at radius 1 is 1.24 bits per heavy atom. The van der Waals surface area contributed by atoms with E-state index < -0.39 is 0 Å². The molecule has 3 aromatic rings. The highest BCUT2D eigenvalue weighted by Crippen LogP contribution is 2.26. The molecule has 0 aliphatic rings. The van der Waals surface area contributed by atoms with E-state index in [4.69, 9.17) is 16.6 Å². The van der Waals surface area contributed by atoms with E-state index in [1.807, 2.05) is 36.4 Å². The molecule has 0 unspecified atom stereocenters. The molecule has 3 nitrogen and oxygen atoms in total. The summed E-state index contributed by atoms with van der Waals surface area (Å²) < 4.78 is 3.12. The molecule has 0 saturated heterocycles. The molecule has 0 aliphatic heterocycles. The number of rotatable bonds is 4. The lowest BCUT2D eigenvalue weighted by Crippen LogP contribution is -2.07. The summed E-state index contributed by atoms with van der Waals surface area (Å²) in [6.07, 6.45) is 0. The number of nitrogens with zero attached hydrogens (tertiary/aromatic N) is 2. The third-order valence-electron chi connectivity index (χ3n) is 3.42. The van der Waals surface area contributed by atoms with Gasteiger partial charge < -0.3 is 9.88 Å². The Bertz CT molecular complexity index is 782. The minimum atomic E-state index is 0.677. The fourth-order valence-electron chi connectivity index (χ4n) is 2.40. The zero-order valence-corrected chi connectivity index (χ0v) is 13.9. The third kappa shape index (κ3) is 2.92. The Morgan fingerprint density at radius 2 is 2.05 bits per heavy atom. The van der Waals surface area contributed by atoms with E-state index in [1.165, 1.54) is 5.52 Å². The number of hydrogen-bond donors (Lipinski definition) is 1. The van der Waals surface area contributed by atoms with Crippen LogP contribution in [0.15, 0.2) is 46.9 Å². The van der Waals surface area contributed by atoms with Gasteiger partial charge in [0.2, 0.25) is 0 Å². The highest BCUT2D eigenvalue weighted by atomic mass is 79.9. The molecule has 3 rings (SSSR count). The number of fused-ring (bicyclic) bond motifs is 1. The van der Waals surface area contributed by atoms with Crippen LogP contribution in [0.4, 0.5) is 5.69 Å². The zero-order chi connectivity index (χ0) is 14.8. The van der Waals surface area contributed by atoms with Crippen molar-refractivity contribution in [2.75, 3.05) is 5.32 Å². The van der Waals surface area contributed by atoms with Crippen molar-refractivity contribution in [2.45, 2.75) is 20.0 Å². The van der Waals surface area contributed by atoms with E-state index in [-0.39, 0.29) is 0 Å².